The van der Waals surface area contributed by atoms with E-state index in [1.54, 1.807) is 19.1 Å². The van der Waals surface area contributed by atoms with Gasteiger partial charge in [-0.25, -0.2) is 0 Å². The van der Waals surface area contributed by atoms with Crippen molar-refractivity contribution in [2.24, 2.45) is 0 Å². The fourth-order valence-corrected chi connectivity index (χ4v) is 5.06. The lowest BCUT2D eigenvalue weighted by atomic mass is 9.91. The SMILES string of the molecule is Cc1c(O)c2c(c(C)c1O[C@@H]1O[C@H](COC(=O)CC(C)(O)CC(=O)O)[C@@H](O)[C@H](O)[C@H]1O)O[C@H](c1ccccc1)CC2=O. The molecule has 4 rings (SSSR count). The van der Waals surface area contributed by atoms with Crippen LogP contribution in [0.1, 0.15) is 59.3 Å². The van der Waals surface area contributed by atoms with Crippen LogP contribution >= 0.6 is 0 Å². The first-order valence-electron chi connectivity index (χ1n) is 13.3. The third kappa shape index (κ3) is 6.50. The Hall–Kier alpha value is -3.75. The number of aliphatic carboxylic acids is 1. The number of carboxylic acid groups (broad SMARTS) is 1. The molecule has 0 aliphatic carbocycles. The number of esters is 1. The number of carbonyl (C=O) groups excluding carboxylic acids is 2. The van der Waals surface area contributed by atoms with E-state index in [1.807, 2.05) is 18.2 Å². The molecule has 1 unspecified atom stereocenters. The monoisotopic (exact) mass is 590 g/mol. The van der Waals surface area contributed by atoms with Crippen molar-refractivity contribution < 1.29 is 64.0 Å². The predicted octanol–water partition coefficient (Wildman–Crippen LogP) is 1.06. The fourth-order valence-electron chi connectivity index (χ4n) is 5.06. The summed E-state index contributed by atoms with van der Waals surface area (Å²) in [4.78, 5) is 36.1. The lowest BCUT2D eigenvalue weighted by Gasteiger charge is -2.40. The van der Waals surface area contributed by atoms with Crippen molar-refractivity contribution in [3.63, 3.8) is 0 Å². The van der Waals surface area contributed by atoms with Crippen molar-refractivity contribution in [3.8, 4) is 17.2 Å². The molecule has 13 heteroatoms. The van der Waals surface area contributed by atoms with E-state index >= 15 is 0 Å². The maximum absolute atomic E-state index is 13.0. The molecule has 2 heterocycles. The lowest BCUT2D eigenvalue weighted by Crippen LogP contribution is -2.60. The molecule has 2 aromatic rings. The average Bonchev–Trinajstić information content (AvgIpc) is 2.92. The molecule has 228 valence electrons. The number of hydrogen-bond acceptors (Lipinski definition) is 12. The molecule has 7 atom stereocenters. The number of carboxylic acids is 1. The number of aliphatic hydroxyl groups excluding tert-OH is 3. The van der Waals surface area contributed by atoms with Crippen LogP contribution in [-0.4, -0.2) is 91.3 Å². The Morgan fingerprint density at radius 1 is 1.02 bits per heavy atom. The van der Waals surface area contributed by atoms with Gasteiger partial charge in [0.1, 0.15) is 59.9 Å². The Morgan fingerprint density at radius 3 is 2.33 bits per heavy atom. The van der Waals surface area contributed by atoms with Gasteiger partial charge in [0.05, 0.1) is 24.9 Å². The van der Waals surface area contributed by atoms with Gasteiger partial charge in [-0.05, 0) is 26.3 Å². The predicted molar refractivity (Wildman–Crippen MR) is 142 cm³/mol. The minimum atomic E-state index is -1.89. The van der Waals surface area contributed by atoms with Gasteiger partial charge in [0.2, 0.25) is 6.29 Å². The Kier molecular flexibility index (Phi) is 9.09. The summed E-state index contributed by atoms with van der Waals surface area (Å²) in [6.07, 6.45) is -10.3. The molecule has 0 aromatic heterocycles. The minimum Gasteiger partial charge on any atom is -0.507 e. The Balaban J connectivity index is 1.54. The molecule has 1 saturated heterocycles. The van der Waals surface area contributed by atoms with Crippen molar-refractivity contribution >= 4 is 17.7 Å². The van der Waals surface area contributed by atoms with Crippen LogP contribution in [0.4, 0.5) is 0 Å². The van der Waals surface area contributed by atoms with Gasteiger partial charge in [-0.2, -0.15) is 0 Å². The van der Waals surface area contributed by atoms with Crippen LogP contribution in [0.3, 0.4) is 0 Å². The standard InChI is InChI=1S/C29H34O13/c1-13-22(34)21-16(30)9-17(15-7-5-4-6-8-15)40-27(21)14(2)26(13)42-28-25(37)24(36)23(35)18(41-28)12-39-20(33)11-29(3,38)10-19(31)32/h4-8,17-18,23-25,28,34-38H,9-12H2,1-3H3,(H,31,32)/t17-,18+,23+,24-,25+,28-,29?/m0/s1. The fraction of sp³-hybridized carbons (Fsp3) is 0.483. The number of phenols is 1. The highest BCUT2D eigenvalue weighted by Crippen LogP contribution is 2.48. The van der Waals surface area contributed by atoms with Gasteiger partial charge in [0, 0.05) is 11.1 Å². The second-order valence-corrected chi connectivity index (χ2v) is 10.8. The first-order valence-corrected chi connectivity index (χ1v) is 13.3. The number of aromatic hydroxyl groups is 1. The number of aliphatic hydroxyl groups is 4. The first kappa shape index (κ1) is 31.2. The Bertz CT molecular complexity index is 1340. The van der Waals surface area contributed by atoms with Crippen LogP contribution in [0.15, 0.2) is 30.3 Å². The number of carbonyl (C=O) groups is 3. The van der Waals surface area contributed by atoms with Crippen LogP contribution in [0.2, 0.25) is 0 Å². The largest absolute Gasteiger partial charge is 0.507 e. The van der Waals surface area contributed by atoms with Crippen LogP contribution in [0.25, 0.3) is 0 Å². The van der Waals surface area contributed by atoms with Gasteiger partial charge < -0.3 is 49.6 Å². The zero-order chi connectivity index (χ0) is 30.9. The molecule has 0 bridgehead atoms. The van der Waals surface area contributed by atoms with Crippen LogP contribution in [0, 0.1) is 13.8 Å². The van der Waals surface area contributed by atoms with E-state index < -0.39 is 73.8 Å². The Morgan fingerprint density at radius 2 is 1.69 bits per heavy atom. The van der Waals surface area contributed by atoms with Crippen molar-refractivity contribution in [1.29, 1.82) is 0 Å². The zero-order valence-electron chi connectivity index (χ0n) is 23.2. The second-order valence-electron chi connectivity index (χ2n) is 10.8. The number of Topliss-reactive ketones (excluding diaryl/α,β-unsaturated/α-hetero) is 1. The minimum absolute atomic E-state index is 0.000800. The van der Waals surface area contributed by atoms with Crippen LogP contribution < -0.4 is 9.47 Å². The van der Waals surface area contributed by atoms with Crippen LogP contribution in [0.5, 0.6) is 17.2 Å². The number of fused-ring (bicyclic) bond motifs is 1. The zero-order valence-corrected chi connectivity index (χ0v) is 23.2. The summed E-state index contributed by atoms with van der Waals surface area (Å²) >= 11 is 0. The normalized spacial score (nSPS) is 26.9. The molecule has 0 radical (unpaired) electrons. The summed E-state index contributed by atoms with van der Waals surface area (Å²) < 4.78 is 22.7. The van der Waals surface area contributed by atoms with E-state index in [2.05, 4.69) is 0 Å². The average molecular weight is 591 g/mol. The summed E-state index contributed by atoms with van der Waals surface area (Å²) in [5, 5.41) is 61.4. The number of ether oxygens (including phenoxy) is 4. The van der Waals surface area contributed by atoms with E-state index in [0.29, 0.717) is 5.56 Å². The van der Waals surface area contributed by atoms with Crippen molar-refractivity contribution in [1.82, 2.24) is 0 Å². The van der Waals surface area contributed by atoms with E-state index in [4.69, 9.17) is 24.1 Å². The highest BCUT2D eigenvalue weighted by Gasteiger charge is 2.46. The van der Waals surface area contributed by atoms with Gasteiger partial charge >= 0.3 is 11.9 Å². The van der Waals surface area contributed by atoms with E-state index in [9.17, 15) is 39.9 Å². The number of ketones is 1. The summed E-state index contributed by atoms with van der Waals surface area (Å²) in [5.74, 6) is -2.94. The van der Waals surface area contributed by atoms with E-state index in [1.165, 1.54) is 6.92 Å². The Labute approximate surface area is 240 Å². The molecule has 42 heavy (non-hydrogen) atoms. The van der Waals surface area contributed by atoms with Gasteiger partial charge in [-0.3, -0.25) is 14.4 Å². The summed E-state index contributed by atoms with van der Waals surface area (Å²) in [6.45, 7) is 3.59. The van der Waals surface area contributed by atoms with Crippen molar-refractivity contribution in [2.75, 3.05) is 6.61 Å². The molecule has 0 saturated carbocycles. The smallest absolute Gasteiger partial charge is 0.308 e. The van der Waals surface area contributed by atoms with Gasteiger partial charge in [0.25, 0.3) is 0 Å². The molecule has 2 aliphatic rings. The number of rotatable bonds is 9. The highest BCUT2D eigenvalue weighted by molar-refractivity contribution is 6.03. The molecule has 13 nitrogen and oxygen atoms in total. The third-order valence-corrected chi connectivity index (χ3v) is 7.29. The molecule has 6 N–H and O–H groups in total. The molecular weight excluding hydrogens is 556 g/mol. The maximum Gasteiger partial charge on any atom is 0.308 e. The summed E-state index contributed by atoms with van der Waals surface area (Å²) in [6, 6.07) is 9.05. The lowest BCUT2D eigenvalue weighted by molar-refractivity contribution is -0.279. The van der Waals surface area contributed by atoms with Crippen molar-refractivity contribution in [2.45, 2.75) is 82.4 Å². The molecule has 2 aliphatic heterocycles. The summed E-state index contributed by atoms with van der Waals surface area (Å²) in [5.41, 5.74) is -0.684. The number of phenolic OH excluding ortho intramolecular Hbond substituents is 1. The quantitative estimate of drug-likeness (QED) is 0.226. The maximum atomic E-state index is 13.0. The third-order valence-electron chi connectivity index (χ3n) is 7.29. The van der Waals surface area contributed by atoms with Gasteiger partial charge in [-0.1, -0.05) is 30.3 Å². The van der Waals surface area contributed by atoms with E-state index in [-0.39, 0.29) is 40.6 Å². The molecule has 2 aromatic carbocycles. The molecular formula is C29H34O13. The topological polar surface area (TPSA) is 210 Å². The van der Waals surface area contributed by atoms with Crippen LogP contribution in [-0.2, 0) is 19.1 Å². The highest BCUT2D eigenvalue weighted by atomic mass is 16.7. The second kappa shape index (κ2) is 12.2. The van der Waals surface area contributed by atoms with Crippen molar-refractivity contribution in [3.05, 3.63) is 52.6 Å². The van der Waals surface area contributed by atoms with Gasteiger partial charge in [0.15, 0.2) is 5.78 Å². The summed E-state index contributed by atoms with van der Waals surface area (Å²) in [7, 11) is 0. The first-order chi connectivity index (χ1) is 19.7. The number of hydrogen-bond donors (Lipinski definition) is 6. The van der Waals surface area contributed by atoms with E-state index in [0.717, 1.165) is 12.5 Å². The number of benzene rings is 2. The molecule has 1 fully saturated rings. The molecule has 0 spiro atoms. The molecule has 0 amide bonds. The van der Waals surface area contributed by atoms with Gasteiger partial charge in [-0.15, -0.1) is 0 Å².